The minimum absolute atomic E-state index is 0.132. The van der Waals surface area contributed by atoms with E-state index in [0.717, 1.165) is 0 Å². The fourth-order valence-electron chi connectivity index (χ4n) is 2.63. The zero-order valence-corrected chi connectivity index (χ0v) is 22.0. The second kappa shape index (κ2) is 14.3. The molecule has 0 fully saturated rings. The standard InChI is InChI=1S/C18H23N7O3.2C2HF3O2/c1-4-25-15-12(27-9-5-8-19)10-21-11(6-7-18(2,3)26)13(15)22-17(25)14-16(20)24-28-23-14;2*3-2(4,5)1(6)7/h10,26H,4-5,8-9,19H2,1-3H3,(H2,20,24);2*(H,6,7). The van der Waals surface area contributed by atoms with Gasteiger partial charge in [0, 0.05) is 6.54 Å². The average Bonchev–Trinajstić information content (AvgIpc) is 3.45. The summed E-state index contributed by atoms with van der Waals surface area (Å²) in [5.41, 5.74) is 12.2. The Balaban J connectivity index is 0.000000522. The number of alkyl halides is 6. The molecule has 0 unspecified atom stereocenters. The number of carboxylic acids is 2. The first-order valence-corrected chi connectivity index (χ1v) is 11.4. The molecule has 0 saturated carbocycles. The number of imidazole rings is 1. The van der Waals surface area contributed by atoms with E-state index in [-0.39, 0.29) is 5.82 Å². The van der Waals surface area contributed by atoms with Gasteiger partial charge >= 0.3 is 24.3 Å². The van der Waals surface area contributed by atoms with E-state index in [0.29, 0.717) is 60.1 Å². The summed E-state index contributed by atoms with van der Waals surface area (Å²) in [5, 5.41) is 31.7. The lowest BCUT2D eigenvalue weighted by Crippen LogP contribution is -2.21. The fraction of sp³-hybridized carbons (Fsp3) is 0.455. The number of aliphatic hydroxyl groups is 1. The molecule has 0 spiro atoms. The van der Waals surface area contributed by atoms with Gasteiger partial charge in [-0.3, -0.25) is 0 Å². The minimum atomic E-state index is -5.08. The predicted molar refractivity (Wildman–Crippen MR) is 131 cm³/mol. The van der Waals surface area contributed by atoms with E-state index >= 15 is 0 Å². The number of aromatic nitrogens is 5. The van der Waals surface area contributed by atoms with Crippen LogP contribution in [0.15, 0.2) is 10.8 Å². The number of nitrogen functional groups attached to an aromatic ring is 1. The molecule has 3 heterocycles. The van der Waals surface area contributed by atoms with Gasteiger partial charge in [0.15, 0.2) is 23.1 Å². The number of aryl methyl sites for hydroxylation is 1. The van der Waals surface area contributed by atoms with Crippen LogP contribution in [0, 0.1) is 11.8 Å². The lowest BCUT2D eigenvalue weighted by Gasteiger charge is -2.10. The Morgan fingerprint density at radius 2 is 1.64 bits per heavy atom. The van der Waals surface area contributed by atoms with Crippen molar-refractivity contribution in [3.63, 3.8) is 0 Å². The van der Waals surface area contributed by atoms with Crippen LogP contribution in [-0.4, -0.2) is 83.2 Å². The molecule has 0 amide bonds. The van der Waals surface area contributed by atoms with E-state index in [1.807, 2.05) is 11.5 Å². The van der Waals surface area contributed by atoms with Crippen LogP contribution >= 0.6 is 0 Å². The molecule has 3 aromatic heterocycles. The number of hydrogen-bond donors (Lipinski definition) is 5. The molecule has 3 rings (SSSR count). The van der Waals surface area contributed by atoms with Crippen LogP contribution in [0.2, 0.25) is 0 Å². The Labute approximate surface area is 232 Å². The van der Waals surface area contributed by atoms with Crippen LogP contribution in [0.5, 0.6) is 5.75 Å². The Morgan fingerprint density at radius 3 is 2.05 bits per heavy atom. The summed E-state index contributed by atoms with van der Waals surface area (Å²) in [7, 11) is 0. The number of carbonyl (C=O) groups is 2. The molecule has 0 atom stereocenters. The van der Waals surface area contributed by atoms with Crippen molar-refractivity contribution in [2.75, 3.05) is 18.9 Å². The number of aliphatic carboxylic acids is 2. The van der Waals surface area contributed by atoms with E-state index in [1.54, 1.807) is 20.0 Å². The second-order valence-electron chi connectivity index (χ2n) is 8.25. The van der Waals surface area contributed by atoms with Crippen LogP contribution < -0.4 is 16.2 Å². The van der Waals surface area contributed by atoms with Crippen molar-refractivity contribution in [3.05, 3.63) is 11.9 Å². The zero-order chi connectivity index (χ0) is 32.5. The number of carboxylic acid groups (broad SMARTS) is 2. The lowest BCUT2D eigenvalue weighted by atomic mass is 10.1. The molecule has 3 aromatic rings. The van der Waals surface area contributed by atoms with Crippen LogP contribution in [0.4, 0.5) is 32.2 Å². The number of nitrogens with zero attached hydrogens (tertiary/aromatic N) is 5. The van der Waals surface area contributed by atoms with Gasteiger partial charge < -0.3 is 36.1 Å². The summed E-state index contributed by atoms with van der Waals surface area (Å²) in [6.07, 6.45) is -7.87. The quantitative estimate of drug-likeness (QED) is 0.153. The first-order chi connectivity index (χ1) is 19.2. The molecule has 0 radical (unpaired) electrons. The van der Waals surface area contributed by atoms with Crippen molar-refractivity contribution in [2.45, 2.75) is 51.7 Å². The molecule has 7 N–H and O–H groups in total. The number of fused-ring (bicyclic) bond motifs is 1. The molecule has 42 heavy (non-hydrogen) atoms. The minimum Gasteiger partial charge on any atom is -0.490 e. The molecule has 0 aliphatic carbocycles. The third kappa shape index (κ3) is 10.4. The number of anilines is 1. The van der Waals surface area contributed by atoms with E-state index in [1.165, 1.54) is 0 Å². The molecule has 14 nitrogen and oxygen atoms in total. The summed E-state index contributed by atoms with van der Waals surface area (Å²) >= 11 is 0. The number of nitrogens with two attached hydrogens (primary N) is 2. The molecular weight excluding hydrogens is 588 g/mol. The molecular formula is C22H25F6N7O7. The SMILES string of the molecule is CCn1c(-c2nonc2N)nc2c(C#CC(C)(C)O)ncc(OCCCN)c21.O=C(O)C(F)(F)F.O=C(O)C(F)(F)F. The smallest absolute Gasteiger partial charge is 0.490 e. The topological polar surface area (TPSA) is 226 Å². The number of ether oxygens (including phenoxy) is 1. The van der Waals surface area contributed by atoms with Gasteiger partial charge in [0.1, 0.15) is 22.3 Å². The summed E-state index contributed by atoms with van der Waals surface area (Å²) in [5.74, 6) is 1.29. The molecule has 20 heteroatoms. The molecule has 0 aliphatic heterocycles. The van der Waals surface area contributed by atoms with E-state index in [9.17, 15) is 31.4 Å². The first kappa shape index (κ1) is 35.4. The van der Waals surface area contributed by atoms with Crippen LogP contribution in [0.3, 0.4) is 0 Å². The second-order valence-corrected chi connectivity index (χ2v) is 8.25. The average molecular weight is 613 g/mol. The third-order valence-corrected chi connectivity index (χ3v) is 4.36. The largest absolute Gasteiger partial charge is 0.490 e. The summed E-state index contributed by atoms with van der Waals surface area (Å²) < 4.78 is 76.0. The van der Waals surface area contributed by atoms with E-state index in [4.69, 9.17) is 40.6 Å². The Kier molecular flexibility index (Phi) is 12.1. The maximum absolute atomic E-state index is 10.6. The van der Waals surface area contributed by atoms with Gasteiger partial charge in [-0.2, -0.15) is 26.3 Å². The normalized spacial score (nSPS) is 11.4. The van der Waals surface area contributed by atoms with Gasteiger partial charge in [-0.1, -0.05) is 5.92 Å². The zero-order valence-electron chi connectivity index (χ0n) is 22.0. The number of pyridine rings is 1. The monoisotopic (exact) mass is 613 g/mol. The molecule has 0 saturated heterocycles. The number of halogens is 6. The number of hydrogen-bond acceptors (Lipinski definition) is 11. The van der Waals surface area contributed by atoms with Crippen LogP contribution in [-0.2, 0) is 16.1 Å². The van der Waals surface area contributed by atoms with Crippen molar-refractivity contribution in [2.24, 2.45) is 5.73 Å². The van der Waals surface area contributed by atoms with Crippen molar-refractivity contribution < 1.29 is 60.6 Å². The van der Waals surface area contributed by atoms with Gasteiger partial charge in [0.25, 0.3) is 0 Å². The van der Waals surface area contributed by atoms with Gasteiger partial charge in [-0.25, -0.2) is 24.2 Å². The van der Waals surface area contributed by atoms with Gasteiger partial charge in [0.2, 0.25) is 0 Å². The van der Waals surface area contributed by atoms with Crippen LogP contribution in [0.25, 0.3) is 22.6 Å². The molecule has 0 aliphatic rings. The maximum atomic E-state index is 10.6. The molecule has 0 aromatic carbocycles. The summed E-state index contributed by atoms with van der Waals surface area (Å²) in [6.45, 7) is 6.68. The highest BCUT2D eigenvalue weighted by Gasteiger charge is 2.38. The van der Waals surface area contributed by atoms with Crippen molar-refractivity contribution in [3.8, 4) is 29.1 Å². The van der Waals surface area contributed by atoms with Gasteiger partial charge in [-0.05, 0) is 50.0 Å². The van der Waals surface area contributed by atoms with Gasteiger partial charge in [-0.15, -0.1) is 0 Å². The number of rotatable bonds is 6. The van der Waals surface area contributed by atoms with Crippen molar-refractivity contribution in [1.82, 2.24) is 24.8 Å². The van der Waals surface area contributed by atoms with Gasteiger partial charge in [0.05, 0.1) is 12.8 Å². The first-order valence-electron chi connectivity index (χ1n) is 11.4. The van der Waals surface area contributed by atoms with Crippen molar-refractivity contribution in [1.29, 1.82) is 0 Å². The Morgan fingerprint density at radius 1 is 1.10 bits per heavy atom. The highest BCUT2D eigenvalue weighted by molar-refractivity contribution is 5.89. The lowest BCUT2D eigenvalue weighted by molar-refractivity contribution is -0.193. The predicted octanol–water partition coefficient (Wildman–Crippen LogP) is 2.20. The Hall–Kier alpha value is -4.64. The van der Waals surface area contributed by atoms with E-state index < -0.39 is 29.9 Å². The highest BCUT2D eigenvalue weighted by atomic mass is 19.4. The summed E-state index contributed by atoms with van der Waals surface area (Å²) in [4.78, 5) is 26.8. The molecule has 232 valence electrons. The summed E-state index contributed by atoms with van der Waals surface area (Å²) in [6, 6.07) is 0. The fourth-order valence-corrected chi connectivity index (χ4v) is 2.63. The van der Waals surface area contributed by atoms with E-state index in [2.05, 4.69) is 32.1 Å². The molecule has 0 bridgehead atoms. The van der Waals surface area contributed by atoms with Crippen LogP contribution in [0.1, 0.15) is 32.9 Å². The third-order valence-electron chi connectivity index (χ3n) is 4.36. The highest BCUT2D eigenvalue weighted by Crippen LogP contribution is 2.33. The van der Waals surface area contributed by atoms with Crippen molar-refractivity contribution >= 4 is 28.8 Å². The maximum Gasteiger partial charge on any atom is 0.490 e. The Bertz CT molecular complexity index is 1410.